The zero-order valence-corrected chi connectivity index (χ0v) is 9.47. The number of carbonyl (C=O) groups excluding carboxylic acids is 1. The van der Waals surface area contributed by atoms with E-state index in [4.69, 9.17) is 9.47 Å². The molecular formula is C12H16O4. The summed E-state index contributed by atoms with van der Waals surface area (Å²) in [6.07, 6.45) is -0.626. The van der Waals surface area contributed by atoms with E-state index in [0.29, 0.717) is 17.9 Å². The molecule has 0 aliphatic rings. The summed E-state index contributed by atoms with van der Waals surface area (Å²) in [6.45, 7) is 3.58. The van der Waals surface area contributed by atoms with Gasteiger partial charge in [0.05, 0.1) is 12.7 Å². The van der Waals surface area contributed by atoms with Gasteiger partial charge in [-0.3, -0.25) is 0 Å². The average Bonchev–Trinajstić information content (AvgIpc) is 2.27. The SMILES string of the molecule is CCOC(=O)COc1ccccc1[C@@H](C)O. The van der Waals surface area contributed by atoms with E-state index < -0.39 is 12.1 Å². The fourth-order valence-electron chi connectivity index (χ4n) is 1.30. The zero-order chi connectivity index (χ0) is 12.0. The van der Waals surface area contributed by atoms with Crippen molar-refractivity contribution in [1.82, 2.24) is 0 Å². The van der Waals surface area contributed by atoms with Crippen molar-refractivity contribution in [3.8, 4) is 5.75 Å². The van der Waals surface area contributed by atoms with Crippen molar-refractivity contribution in [2.75, 3.05) is 13.2 Å². The van der Waals surface area contributed by atoms with Crippen LogP contribution in [0.4, 0.5) is 0 Å². The first-order valence-electron chi connectivity index (χ1n) is 5.20. The number of ether oxygens (including phenoxy) is 2. The smallest absolute Gasteiger partial charge is 0.344 e. The maximum Gasteiger partial charge on any atom is 0.344 e. The average molecular weight is 224 g/mol. The molecular weight excluding hydrogens is 208 g/mol. The summed E-state index contributed by atoms with van der Waals surface area (Å²) in [5.41, 5.74) is 0.659. The fourth-order valence-corrected chi connectivity index (χ4v) is 1.30. The molecule has 1 N–H and O–H groups in total. The van der Waals surface area contributed by atoms with Gasteiger partial charge in [0.1, 0.15) is 5.75 Å². The van der Waals surface area contributed by atoms with Crippen LogP contribution < -0.4 is 4.74 Å². The van der Waals surface area contributed by atoms with Gasteiger partial charge in [0.2, 0.25) is 0 Å². The lowest BCUT2D eigenvalue weighted by Gasteiger charge is -2.12. The molecule has 0 saturated carbocycles. The highest BCUT2D eigenvalue weighted by Gasteiger charge is 2.10. The maximum absolute atomic E-state index is 11.1. The standard InChI is InChI=1S/C12H16O4/c1-3-15-12(14)8-16-11-7-5-4-6-10(11)9(2)13/h4-7,9,13H,3,8H2,1-2H3/t9-/m1/s1. The molecule has 0 radical (unpaired) electrons. The summed E-state index contributed by atoms with van der Waals surface area (Å²) >= 11 is 0. The largest absolute Gasteiger partial charge is 0.482 e. The lowest BCUT2D eigenvalue weighted by Crippen LogP contribution is -2.15. The third-order valence-electron chi connectivity index (χ3n) is 2.02. The van der Waals surface area contributed by atoms with Gasteiger partial charge in [0.25, 0.3) is 0 Å². The van der Waals surface area contributed by atoms with Crippen molar-refractivity contribution < 1.29 is 19.4 Å². The third kappa shape index (κ3) is 3.55. The Morgan fingerprint density at radius 1 is 1.44 bits per heavy atom. The topological polar surface area (TPSA) is 55.8 Å². The second-order valence-corrected chi connectivity index (χ2v) is 3.31. The first-order valence-corrected chi connectivity index (χ1v) is 5.20. The van der Waals surface area contributed by atoms with Crippen LogP contribution in [0.1, 0.15) is 25.5 Å². The van der Waals surface area contributed by atoms with Gasteiger partial charge in [0.15, 0.2) is 6.61 Å². The first kappa shape index (κ1) is 12.5. The molecule has 0 saturated heterocycles. The van der Waals surface area contributed by atoms with E-state index in [1.807, 2.05) is 0 Å². The van der Waals surface area contributed by atoms with Gasteiger partial charge in [-0.2, -0.15) is 0 Å². The van der Waals surface area contributed by atoms with E-state index in [-0.39, 0.29) is 6.61 Å². The Labute approximate surface area is 94.8 Å². The Kier molecular flexibility index (Phi) is 4.79. The molecule has 1 aromatic carbocycles. The van der Waals surface area contributed by atoms with E-state index >= 15 is 0 Å². The number of carbonyl (C=O) groups is 1. The number of aliphatic hydroxyl groups excluding tert-OH is 1. The first-order chi connectivity index (χ1) is 7.65. The second-order valence-electron chi connectivity index (χ2n) is 3.31. The van der Waals surface area contributed by atoms with Crippen LogP contribution in [0.25, 0.3) is 0 Å². The number of hydrogen-bond donors (Lipinski definition) is 1. The molecule has 0 fully saturated rings. The molecule has 0 bridgehead atoms. The van der Waals surface area contributed by atoms with Crippen molar-refractivity contribution >= 4 is 5.97 Å². The Bertz CT molecular complexity index is 347. The predicted octanol–water partition coefficient (Wildman–Crippen LogP) is 1.68. The molecule has 4 heteroatoms. The van der Waals surface area contributed by atoms with E-state index in [1.165, 1.54) is 0 Å². The van der Waals surface area contributed by atoms with E-state index in [1.54, 1.807) is 38.1 Å². The minimum absolute atomic E-state index is 0.141. The summed E-state index contributed by atoms with van der Waals surface area (Å²) < 4.78 is 10.0. The van der Waals surface area contributed by atoms with Gasteiger partial charge in [-0.25, -0.2) is 4.79 Å². The van der Waals surface area contributed by atoms with E-state index in [9.17, 15) is 9.90 Å². The number of rotatable bonds is 5. The van der Waals surface area contributed by atoms with Crippen LogP contribution in [0.5, 0.6) is 5.75 Å². The number of hydrogen-bond acceptors (Lipinski definition) is 4. The van der Waals surface area contributed by atoms with Crippen LogP contribution >= 0.6 is 0 Å². The Balaban J connectivity index is 2.63. The van der Waals surface area contributed by atoms with Gasteiger partial charge in [0, 0.05) is 5.56 Å². The highest BCUT2D eigenvalue weighted by molar-refractivity contribution is 5.71. The highest BCUT2D eigenvalue weighted by atomic mass is 16.6. The van der Waals surface area contributed by atoms with Gasteiger partial charge in [-0.05, 0) is 19.9 Å². The molecule has 16 heavy (non-hydrogen) atoms. The Hall–Kier alpha value is -1.55. The number of benzene rings is 1. The van der Waals surface area contributed by atoms with Crippen LogP contribution in [0.15, 0.2) is 24.3 Å². The molecule has 4 nitrogen and oxygen atoms in total. The molecule has 1 rings (SSSR count). The van der Waals surface area contributed by atoms with Crippen molar-refractivity contribution in [3.05, 3.63) is 29.8 Å². The van der Waals surface area contributed by atoms with E-state index in [0.717, 1.165) is 0 Å². The number of aliphatic hydroxyl groups is 1. The lowest BCUT2D eigenvalue weighted by molar-refractivity contribution is -0.145. The number of esters is 1. The minimum atomic E-state index is -0.626. The minimum Gasteiger partial charge on any atom is -0.482 e. The molecule has 0 spiro atoms. The molecule has 1 atom stereocenters. The van der Waals surface area contributed by atoms with Gasteiger partial charge in [-0.15, -0.1) is 0 Å². The van der Waals surface area contributed by atoms with Crippen molar-refractivity contribution in [2.45, 2.75) is 20.0 Å². The third-order valence-corrected chi connectivity index (χ3v) is 2.02. The van der Waals surface area contributed by atoms with E-state index in [2.05, 4.69) is 0 Å². The van der Waals surface area contributed by atoms with Crippen molar-refractivity contribution in [1.29, 1.82) is 0 Å². The fraction of sp³-hybridized carbons (Fsp3) is 0.417. The Morgan fingerprint density at radius 3 is 2.75 bits per heavy atom. The molecule has 0 aromatic heterocycles. The Morgan fingerprint density at radius 2 is 2.12 bits per heavy atom. The molecule has 0 heterocycles. The summed E-state index contributed by atoms with van der Waals surface area (Å²) in [5, 5.41) is 9.48. The zero-order valence-electron chi connectivity index (χ0n) is 9.47. The lowest BCUT2D eigenvalue weighted by atomic mass is 10.1. The summed E-state index contributed by atoms with van der Waals surface area (Å²) in [5.74, 6) is 0.0912. The molecule has 0 aliphatic carbocycles. The van der Waals surface area contributed by atoms with Crippen molar-refractivity contribution in [3.63, 3.8) is 0 Å². The molecule has 0 unspecified atom stereocenters. The maximum atomic E-state index is 11.1. The number of para-hydroxylation sites is 1. The molecule has 88 valence electrons. The molecule has 1 aromatic rings. The van der Waals surface area contributed by atoms with Crippen molar-refractivity contribution in [2.24, 2.45) is 0 Å². The van der Waals surface area contributed by atoms with Gasteiger partial charge in [-0.1, -0.05) is 18.2 Å². The summed E-state index contributed by atoms with van der Waals surface area (Å²) in [7, 11) is 0. The van der Waals surface area contributed by atoms with Crippen LogP contribution in [0.2, 0.25) is 0 Å². The van der Waals surface area contributed by atoms with Crippen LogP contribution in [0, 0.1) is 0 Å². The molecule has 0 amide bonds. The quantitative estimate of drug-likeness (QED) is 0.773. The molecule has 0 aliphatic heterocycles. The second kappa shape index (κ2) is 6.12. The van der Waals surface area contributed by atoms with Crippen LogP contribution in [-0.2, 0) is 9.53 Å². The normalized spacial score (nSPS) is 11.9. The summed E-state index contributed by atoms with van der Waals surface area (Å²) in [6, 6.07) is 7.05. The van der Waals surface area contributed by atoms with Crippen LogP contribution in [-0.4, -0.2) is 24.3 Å². The van der Waals surface area contributed by atoms with Crippen LogP contribution in [0.3, 0.4) is 0 Å². The monoisotopic (exact) mass is 224 g/mol. The summed E-state index contributed by atoms with van der Waals surface area (Å²) in [4.78, 5) is 11.1. The highest BCUT2D eigenvalue weighted by Crippen LogP contribution is 2.24. The van der Waals surface area contributed by atoms with Gasteiger partial charge >= 0.3 is 5.97 Å². The van der Waals surface area contributed by atoms with Gasteiger partial charge < -0.3 is 14.6 Å². The predicted molar refractivity (Wildman–Crippen MR) is 59.2 cm³/mol.